The Morgan fingerprint density at radius 3 is 2.50 bits per heavy atom. The number of rotatable bonds is 8. The number of likely N-dealkylation sites (tertiary alicyclic amines) is 1. The summed E-state index contributed by atoms with van der Waals surface area (Å²) < 4.78 is 33.9. The molecule has 1 saturated carbocycles. The Bertz CT molecular complexity index is 1670. The van der Waals surface area contributed by atoms with E-state index in [1.807, 2.05) is 13.1 Å². The van der Waals surface area contributed by atoms with Gasteiger partial charge in [-0.3, -0.25) is 15.0 Å². The van der Waals surface area contributed by atoms with Gasteiger partial charge in [0, 0.05) is 30.3 Å². The Kier molecular flexibility index (Phi) is 9.82. The molecule has 2 aromatic rings. The van der Waals surface area contributed by atoms with Crippen molar-refractivity contribution in [3.63, 3.8) is 0 Å². The summed E-state index contributed by atoms with van der Waals surface area (Å²) >= 11 is 3.30. The molecule has 15 heteroatoms. The van der Waals surface area contributed by atoms with Crippen LogP contribution in [0.5, 0.6) is 5.88 Å². The van der Waals surface area contributed by atoms with Gasteiger partial charge < -0.3 is 24.0 Å². The number of aryl methyl sites for hydroxylation is 1. The number of carbonyl (C=O) groups is 2. The van der Waals surface area contributed by atoms with Crippen molar-refractivity contribution in [1.82, 2.24) is 14.8 Å². The Morgan fingerprint density at radius 2 is 1.92 bits per heavy atom. The molecule has 4 fully saturated rings. The fraction of sp³-hybridized carbons (Fsp3) is 0.636. The summed E-state index contributed by atoms with van der Waals surface area (Å²) in [6.45, 7) is 11.4. The van der Waals surface area contributed by atoms with Crippen molar-refractivity contribution in [1.29, 1.82) is 5.26 Å². The zero-order valence-corrected chi connectivity index (χ0v) is 29.9. The smallest absolute Gasteiger partial charge is 0.415 e. The van der Waals surface area contributed by atoms with Gasteiger partial charge in [0.2, 0.25) is 0 Å². The van der Waals surface area contributed by atoms with Crippen LogP contribution < -0.4 is 9.64 Å². The summed E-state index contributed by atoms with van der Waals surface area (Å²) in [4.78, 5) is 49.1. The zero-order chi connectivity index (χ0) is 35.3. The first-order chi connectivity index (χ1) is 22.4. The van der Waals surface area contributed by atoms with Gasteiger partial charge in [0.15, 0.2) is 5.82 Å². The van der Waals surface area contributed by atoms with Crippen molar-refractivity contribution in [3.8, 4) is 11.9 Å². The van der Waals surface area contributed by atoms with E-state index in [0.29, 0.717) is 12.0 Å². The lowest BCUT2D eigenvalue weighted by atomic mass is 9.78. The molecule has 0 spiro atoms. The number of nitrogens with zero attached hydrogens (tertiary/aromatic N) is 6. The first-order valence-corrected chi connectivity index (χ1v) is 16.9. The molecule has 1 aromatic heterocycles. The second-order valence-corrected chi connectivity index (χ2v) is 15.5. The number of pyridine rings is 1. The third kappa shape index (κ3) is 7.01. The van der Waals surface area contributed by atoms with Crippen molar-refractivity contribution in [3.05, 3.63) is 32.0 Å². The molecule has 3 saturated heterocycles. The predicted octanol–water partition coefficient (Wildman–Crippen LogP) is 6.72. The van der Waals surface area contributed by atoms with Crippen LogP contribution in [-0.2, 0) is 15.9 Å². The van der Waals surface area contributed by atoms with Gasteiger partial charge in [0.05, 0.1) is 27.5 Å². The van der Waals surface area contributed by atoms with Crippen LogP contribution >= 0.6 is 15.9 Å². The van der Waals surface area contributed by atoms with E-state index >= 15 is 4.39 Å². The number of nitriles is 1. The molecular formula is C33H42BrFN6O7. The number of aromatic nitrogens is 1. The summed E-state index contributed by atoms with van der Waals surface area (Å²) in [5.74, 6) is -1.51. The molecule has 1 aromatic carbocycles. The minimum Gasteiger partial charge on any atom is -0.471 e. The van der Waals surface area contributed by atoms with Crippen LogP contribution in [0.4, 0.5) is 25.4 Å². The monoisotopic (exact) mass is 732 g/mol. The number of carbonyl (C=O) groups excluding carboxylic acids is 2. The van der Waals surface area contributed by atoms with Gasteiger partial charge >= 0.3 is 17.9 Å². The van der Waals surface area contributed by atoms with Crippen LogP contribution in [0.25, 0.3) is 10.9 Å². The maximum absolute atomic E-state index is 16.3. The highest BCUT2D eigenvalue weighted by atomic mass is 79.9. The van der Waals surface area contributed by atoms with Crippen molar-refractivity contribution in [2.45, 2.75) is 103 Å². The van der Waals surface area contributed by atoms with E-state index in [4.69, 9.17) is 14.2 Å². The highest BCUT2D eigenvalue weighted by Gasteiger charge is 2.60. The average molecular weight is 734 g/mol. The number of hydrogen-bond donors (Lipinski definition) is 0. The number of anilines is 1. The molecule has 3 unspecified atom stereocenters. The van der Waals surface area contributed by atoms with Crippen LogP contribution in [0.2, 0.25) is 0 Å². The molecule has 48 heavy (non-hydrogen) atoms. The summed E-state index contributed by atoms with van der Waals surface area (Å²) in [5.41, 5.74) is -2.49. The van der Waals surface area contributed by atoms with Gasteiger partial charge in [-0.05, 0) is 108 Å². The maximum Gasteiger partial charge on any atom is 0.415 e. The summed E-state index contributed by atoms with van der Waals surface area (Å²) in [6.07, 6.45) is 1.00. The molecule has 4 heterocycles. The van der Waals surface area contributed by atoms with Crippen molar-refractivity contribution in [2.75, 3.05) is 31.6 Å². The van der Waals surface area contributed by atoms with Crippen molar-refractivity contribution >= 4 is 50.4 Å². The standard InChI is InChI=1S/C33H42BrFN6O7/c1-32(2,3)47-30(42)39-16-19-15-22(39)26(19)40(31(43)48-33(4,5)6)27-21-14-18(10-8-12-36)23(34)24(35)25(21)37-29(28(27)41(44)45)46-17-20-11-9-13-38(20)7/h14,19-20,22,26H,8-11,13,15-17H2,1-7H3/t19?,20-,22?,26?/m0/s1. The van der Waals surface area contributed by atoms with E-state index < -0.39 is 57.8 Å². The highest BCUT2D eigenvalue weighted by molar-refractivity contribution is 9.10. The summed E-state index contributed by atoms with van der Waals surface area (Å²) in [7, 11) is 1.93. The Labute approximate surface area is 287 Å². The lowest BCUT2D eigenvalue weighted by Crippen LogP contribution is -2.58. The molecule has 1 aliphatic carbocycles. The van der Waals surface area contributed by atoms with E-state index in [1.165, 1.54) is 15.9 Å². The lowest BCUT2D eigenvalue weighted by Gasteiger charge is -2.44. The van der Waals surface area contributed by atoms with Gasteiger partial charge in [0.25, 0.3) is 5.88 Å². The van der Waals surface area contributed by atoms with Gasteiger partial charge in [-0.25, -0.2) is 19.0 Å². The molecule has 260 valence electrons. The third-order valence-electron chi connectivity index (χ3n) is 8.93. The van der Waals surface area contributed by atoms with E-state index in [1.54, 1.807) is 41.5 Å². The number of halogens is 2. The minimum absolute atomic E-state index is 0.0124. The number of amides is 2. The van der Waals surface area contributed by atoms with Crippen LogP contribution in [0.15, 0.2) is 10.5 Å². The Morgan fingerprint density at radius 1 is 1.23 bits per heavy atom. The van der Waals surface area contributed by atoms with E-state index in [2.05, 4.69) is 25.8 Å². The number of fused-ring (bicyclic) bond motifs is 2. The summed E-state index contributed by atoms with van der Waals surface area (Å²) in [5, 5.41) is 22.3. The summed E-state index contributed by atoms with van der Waals surface area (Å²) in [6, 6.07) is 2.23. The normalized spacial score (nSPS) is 22.3. The van der Waals surface area contributed by atoms with Crippen LogP contribution in [0, 0.1) is 33.2 Å². The first kappa shape index (κ1) is 35.5. The fourth-order valence-electron chi connectivity index (χ4n) is 6.76. The number of likely N-dealkylation sites (N-methyl/N-ethyl adjacent to an activating group) is 1. The van der Waals surface area contributed by atoms with Gasteiger partial charge in [-0.1, -0.05) is 0 Å². The molecule has 13 nitrogen and oxygen atoms in total. The topological polar surface area (TPSA) is 151 Å². The Balaban J connectivity index is 1.74. The molecule has 0 N–H and O–H groups in total. The van der Waals surface area contributed by atoms with Gasteiger partial charge in [-0.2, -0.15) is 5.26 Å². The average Bonchev–Trinajstić information content (AvgIpc) is 3.69. The quantitative estimate of drug-likeness (QED) is 0.211. The molecular weight excluding hydrogens is 691 g/mol. The van der Waals surface area contributed by atoms with Crippen LogP contribution in [0.1, 0.15) is 72.8 Å². The van der Waals surface area contributed by atoms with E-state index in [0.717, 1.165) is 19.4 Å². The Hall–Kier alpha value is -3.77. The maximum atomic E-state index is 16.3. The lowest BCUT2D eigenvalue weighted by molar-refractivity contribution is -0.385. The largest absolute Gasteiger partial charge is 0.471 e. The number of benzene rings is 1. The first-order valence-electron chi connectivity index (χ1n) is 16.1. The van der Waals surface area contributed by atoms with Gasteiger partial charge in [0.1, 0.15) is 29.0 Å². The van der Waals surface area contributed by atoms with Crippen LogP contribution in [0.3, 0.4) is 0 Å². The molecule has 3 aliphatic heterocycles. The molecule has 4 atom stereocenters. The molecule has 2 amide bonds. The molecule has 6 rings (SSSR count). The van der Waals surface area contributed by atoms with E-state index in [9.17, 15) is 25.0 Å². The second-order valence-electron chi connectivity index (χ2n) is 14.7. The highest BCUT2D eigenvalue weighted by Crippen LogP contribution is 2.52. The minimum atomic E-state index is -1.00. The van der Waals surface area contributed by atoms with E-state index in [-0.39, 0.29) is 59.0 Å². The zero-order valence-electron chi connectivity index (χ0n) is 28.3. The second kappa shape index (κ2) is 13.3. The number of ether oxygens (including phenoxy) is 3. The van der Waals surface area contributed by atoms with Crippen molar-refractivity contribution in [2.24, 2.45) is 5.92 Å². The van der Waals surface area contributed by atoms with Gasteiger partial charge in [-0.15, -0.1) is 0 Å². The predicted molar refractivity (Wildman–Crippen MR) is 178 cm³/mol. The fourth-order valence-corrected chi connectivity index (χ4v) is 7.27. The third-order valence-corrected chi connectivity index (χ3v) is 9.79. The SMILES string of the molecule is CN1CCC[C@H]1COc1nc2c(F)c(Br)c(CCC#N)cc2c(N(C(=O)OC(C)(C)C)C2C3CC2N(C(=O)OC(C)(C)C)C3)c1[N+](=O)[O-]. The van der Waals surface area contributed by atoms with Crippen LogP contribution in [-0.4, -0.2) is 88.0 Å². The molecule has 0 radical (unpaired) electrons. The molecule has 2 bridgehead atoms. The molecule has 4 aliphatic rings. The number of hydrogen-bond acceptors (Lipinski definition) is 10. The van der Waals surface area contributed by atoms with Crippen molar-refractivity contribution < 1.29 is 33.1 Å². The number of nitro groups is 1.